The second kappa shape index (κ2) is 7.29. The Morgan fingerprint density at radius 1 is 1.07 bits per heavy atom. The average molecular weight is 206 g/mol. The molecule has 14 heavy (non-hydrogen) atoms. The maximum atomic E-state index is 12.9. The van der Waals surface area contributed by atoms with Crippen molar-refractivity contribution in [1.82, 2.24) is 0 Å². The highest BCUT2D eigenvalue weighted by molar-refractivity contribution is 5.73. The van der Waals surface area contributed by atoms with Gasteiger partial charge in [0, 0.05) is 0 Å². The van der Waals surface area contributed by atoms with Crippen molar-refractivity contribution in [2.45, 2.75) is 32.9 Å². The molecule has 82 valence electrons. The van der Waals surface area contributed by atoms with Crippen LogP contribution in [0.5, 0.6) is 0 Å². The molecular formula is C9H15FO4. The lowest BCUT2D eigenvalue weighted by atomic mass is 10.2. The van der Waals surface area contributed by atoms with Gasteiger partial charge in [0.05, 0.1) is 26.1 Å². The normalized spacial score (nSPS) is 10.0. The summed E-state index contributed by atoms with van der Waals surface area (Å²) in [5.41, 5.74) is 0. The quantitative estimate of drug-likeness (QED) is 0.613. The number of carbonyl (C=O) groups excluding carboxylic acids is 2. The summed E-state index contributed by atoms with van der Waals surface area (Å²) in [5.74, 6) is -1.27. The molecule has 0 aromatic rings. The van der Waals surface area contributed by atoms with E-state index in [1.54, 1.807) is 13.8 Å². The molecule has 4 nitrogen and oxygen atoms in total. The number of halogens is 1. The van der Waals surface area contributed by atoms with Gasteiger partial charge in [0.25, 0.3) is 0 Å². The number of carbonyl (C=O) groups is 2. The van der Waals surface area contributed by atoms with E-state index in [1.807, 2.05) is 0 Å². The minimum Gasteiger partial charge on any atom is -0.466 e. The Morgan fingerprint density at radius 2 is 1.43 bits per heavy atom. The third-order valence-corrected chi connectivity index (χ3v) is 1.39. The van der Waals surface area contributed by atoms with Crippen LogP contribution in [-0.2, 0) is 19.1 Å². The number of hydrogen-bond donors (Lipinski definition) is 0. The molecular weight excluding hydrogens is 191 g/mol. The monoisotopic (exact) mass is 206 g/mol. The fraction of sp³-hybridized carbons (Fsp3) is 0.778. The van der Waals surface area contributed by atoms with E-state index in [1.165, 1.54) is 0 Å². The average Bonchev–Trinajstić information content (AvgIpc) is 2.03. The molecule has 0 fully saturated rings. The van der Waals surface area contributed by atoms with E-state index >= 15 is 0 Å². The highest BCUT2D eigenvalue weighted by Gasteiger charge is 2.17. The lowest BCUT2D eigenvalue weighted by Crippen LogP contribution is -2.17. The number of rotatable bonds is 6. The Labute approximate surface area is 82.4 Å². The minimum absolute atomic E-state index is 0.213. The first kappa shape index (κ1) is 12.9. The summed E-state index contributed by atoms with van der Waals surface area (Å²) >= 11 is 0. The Morgan fingerprint density at radius 3 is 1.71 bits per heavy atom. The maximum Gasteiger partial charge on any atom is 0.308 e. The zero-order valence-corrected chi connectivity index (χ0v) is 8.42. The van der Waals surface area contributed by atoms with Gasteiger partial charge in [-0.1, -0.05) is 0 Å². The second-order valence-electron chi connectivity index (χ2n) is 2.62. The second-order valence-corrected chi connectivity index (χ2v) is 2.62. The van der Waals surface area contributed by atoms with Gasteiger partial charge < -0.3 is 9.47 Å². The van der Waals surface area contributed by atoms with Crippen molar-refractivity contribution in [2.75, 3.05) is 13.2 Å². The van der Waals surface area contributed by atoms with Gasteiger partial charge in [0.15, 0.2) is 0 Å². The Kier molecular flexibility index (Phi) is 6.70. The van der Waals surface area contributed by atoms with Crippen molar-refractivity contribution < 1.29 is 23.5 Å². The molecule has 0 bridgehead atoms. The molecule has 0 amide bonds. The number of ether oxygens (including phenoxy) is 2. The summed E-state index contributed by atoms with van der Waals surface area (Å²) in [6.45, 7) is 3.70. The van der Waals surface area contributed by atoms with Crippen LogP contribution in [0.15, 0.2) is 0 Å². The van der Waals surface area contributed by atoms with E-state index in [-0.39, 0.29) is 13.2 Å². The highest BCUT2D eigenvalue weighted by atomic mass is 19.1. The summed E-state index contributed by atoms with van der Waals surface area (Å²) in [6, 6.07) is 0. The first-order valence-corrected chi connectivity index (χ1v) is 4.55. The third kappa shape index (κ3) is 6.39. The van der Waals surface area contributed by atoms with Crippen LogP contribution in [-0.4, -0.2) is 31.3 Å². The van der Waals surface area contributed by atoms with Crippen LogP contribution in [0.4, 0.5) is 4.39 Å². The van der Waals surface area contributed by atoms with Crippen molar-refractivity contribution in [3.05, 3.63) is 0 Å². The molecule has 0 aliphatic carbocycles. The first-order valence-electron chi connectivity index (χ1n) is 4.55. The van der Waals surface area contributed by atoms with E-state index in [0.29, 0.717) is 0 Å². The van der Waals surface area contributed by atoms with Gasteiger partial charge in [0.2, 0.25) is 0 Å². The molecule has 0 aromatic heterocycles. The zero-order valence-electron chi connectivity index (χ0n) is 8.42. The van der Waals surface area contributed by atoms with E-state index < -0.39 is 31.0 Å². The van der Waals surface area contributed by atoms with Crippen LogP contribution in [0.2, 0.25) is 0 Å². The first-order chi connectivity index (χ1) is 6.60. The van der Waals surface area contributed by atoms with Crippen molar-refractivity contribution in [3.63, 3.8) is 0 Å². The van der Waals surface area contributed by atoms with Gasteiger partial charge in [-0.2, -0.15) is 0 Å². The molecule has 0 unspecified atom stereocenters. The molecule has 0 aliphatic heterocycles. The van der Waals surface area contributed by atoms with Gasteiger partial charge in [-0.05, 0) is 13.8 Å². The molecule has 0 heterocycles. The molecule has 0 atom stereocenters. The third-order valence-electron chi connectivity index (χ3n) is 1.39. The van der Waals surface area contributed by atoms with Crippen LogP contribution in [0.3, 0.4) is 0 Å². The lowest BCUT2D eigenvalue weighted by Gasteiger charge is -2.06. The van der Waals surface area contributed by atoms with E-state index in [9.17, 15) is 14.0 Å². The van der Waals surface area contributed by atoms with Crippen molar-refractivity contribution >= 4 is 11.9 Å². The van der Waals surface area contributed by atoms with Crippen LogP contribution in [0.1, 0.15) is 26.7 Å². The molecule has 0 radical (unpaired) electrons. The van der Waals surface area contributed by atoms with Gasteiger partial charge in [-0.3, -0.25) is 9.59 Å². The summed E-state index contributed by atoms with van der Waals surface area (Å²) < 4.78 is 22.0. The summed E-state index contributed by atoms with van der Waals surface area (Å²) in [6.07, 6.45) is -2.31. The topological polar surface area (TPSA) is 52.6 Å². The van der Waals surface area contributed by atoms with Crippen molar-refractivity contribution in [2.24, 2.45) is 0 Å². The fourth-order valence-electron chi connectivity index (χ4n) is 0.874. The molecule has 0 N–H and O–H groups in total. The van der Waals surface area contributed by atoms with Crippen LogP contribution in [0.25, 0.3) is 0 Å². The Bertz CT molecular complexity index is 173. The number of esters is 2. The summed E-state index contributed by atoms with van der Waals surface area (Å²) in [5, 5.41) is 0. The van der Waals surface area contributed by atoms with Crippen LogP contribution < -0.4 is 0 Å². The lowest BCUT2D eigenvalue weighted by molar-refractivity contribution is -0.147. The van der Waals surface area contributed by atoms with Crippen molar-refractivity contribution in [3.8, 4) is 0 Å². The van der Waals surface area contributed by atoms with E-state index in [4.69, 9.17) is 0 Å². The number of hydrogen-bond acceptors (Lipinski definition) is 4. The predicted molar refractivity (Wildman–Crippen MR) is 47.4 cm³/mol. The SMILES string of the molecule is CCOC(=O)CC(F)CC(=O)OCC. The Hall–Kier alpha value is -1.13. The fourth-order valence-corrected chi connectivity index (χ4v) is 0.874. The molecule has 5 heteroatoms. The summed E-state index contributed by atoms with van der Waals surface area (Å²) in [4.78, 5) is 21.6. The largest absolute Gasteiger partial charge is 0.466 e. The van der Waals surface area contributed by atoms with Gasteiger partial charge in [-0.15, -0.1) is 0 Å². The minimum atomic E-state index is -1.52. The smallest absolute Gasteiger partial charge is 0.308 e. The molecule has 0 saturated carbocycles. The molecule has 0 rings (SSSR count). The predicted octanol–water partition coefficient (Wildman–Crippen LogP) is 1.23. The zero-order chi connectivity index (χ0) is 11.0. The van der Waals surface area contributed by atoms with Gasteiger partial charge >= 0.3 is 11.9 Å². The standard InChI is InChI=1S/C9H15FO4/c1-3-13-8(11)5-7(10)6-9(12)14-4-2/h7H,3-6H2,1-2H3. The number of alkyl halides is 1. The maximum absolute atomic E-state index is 12.9. The van der Waals surface area contributed by atoms with E-state index in [2.05, 4.69) is 9.47 Å². The van der Waals surface area contributed by atoms with Gasteiger partial charge in [0.1, 0.15) is 6.17 Å². The van der Waals surface area contributed by atoms with Crippen LogP contribution >= 0.6 is 0 Å². The highest BCUT2D eigenvalue weighted by Crippen LogP contribution is 2.06. The van der Waals surface area contributed by atoms with Gasteiger partial charge in [-0.25, -0.2) is 4.39 Å². The molecule has 0 aliphatic rings. The molecule has 0 saturated heterocycles. The Balaban J connectivity index is 3.68. The van der Waals surface area contributed by atoms with Crippen molar-refractivity contribution in [1.29, 1.82) is 0 Å². The van der Waals surface area contributed by atoms with E-state index in [0.717, 1.165) is 0 Å². The molecule has 0 aromatic carbocycles. The molecule has 0 spiro atoms. The summed E-state index contributed by atoms with van der Waals surface area (Å²) in [7, 11) is 0. The van der Waals surface area contributed by atoms with Crippen LogP contribution in [0, 0.1) is 0 Å².